The van der Waals surface area contributed by atoms with E-state index in [1.165, 1.54) is 11.8 Å². The van der Waals surface area contributed by atoms with Crippen LogP contribution in [0.5, 0.6) is 0 Å². The lowest BCUT2D eigenvalue weighted by atomic mass is 10.2. The monoisotopic (exact) mass is 175 g/mol. The number of rotatable bonds is 5. The van der Waals surface area contributed by atoms with Gasteiger partial charge in [0.1, 0.15) is 0 Å². The minimum Gasteiger partial charge on any atom is -0.265 e. The Hall–Kier alpha value is -1.37. The van der Waals surface area contributed by atoms with E-state index in [9.17, 15) is 0 Å². The van der Waals surface area contributed by atoms with E-state index < -0.39 is 0 Å². The Morgan fingerprint density at radius 3 is 2.62 bits per heavy atom. The fourth-order valence-electron chi connectivity index (χ4n) is 0.820. The van der Waals surface area contributed by atoms with Gasteiger partial charge in [-0.05, 0) is 18.9 Å². The second-order valence-corrected chi connectivity index (χ2v) is 2.73. The summed E-state index contributed by atoms with van der Waals surface area (Å²) in [5.41, 5.74) is 2.12. The van der Waals surface area contributed by atoms with Gasteiger partial charge in [-0.3, -0.25) is 4.99 Å². The number of nitrogens with zero attached hydrogens (tertiary/aromatic N) is 1. The molecule has 0 amide bonds. The lowest BCUT2D eigenvalue weighted by molar-refractivity contribution is 1.20. The van der Waals surface area contributed by atoms with Gasteiger partial charge in [0.05, 0.1) is 0 Å². The van der Waals surface area contributed by atoms with Gasteiger partial charge in [-0.2, -0.15) is 0 Å². The van der Waals surface area contributed by atoms with Gasteiger partial charge in [0.2, 0.25) is 0 Å². The number of aliphatic imine (C=N–C) groups is 1. The summed E-state index contributed by atoms with van der Waals surface area (Å²) in [6, 6.07) is 0. The van der Waals surface area contributed by atoms with E-state index in [1.54, 1.807) is 6.21 Å². The summed E-state index contributed by atoms with van der Waals surface area (Å²) in [6.45, 7) is 11.5. The van der Waals surface area contributed by atoms with Crippen LogP contribution in [0.15, 0.2) is 53.7 Å². The summed E-state index contributed by atoms with van der Waals surface area (Å²) in [7, 11) is 0. The molecule has 0 rings (SSSR count). The highest BCUT2D eigenvalue weighted by molar-refractivity contribution is 5.81. The van der Waals surface area contributed by atoms with E-state index in [1.807, 2.05) is 12.2 Å². The molecule has 0 aliphatic carbocycles. The van der Waals surface area contributed by atoms with Crippen molar-refractivity contribution >= 4 is 6.21 Å². The lowest BCUT2D eigenvalue weighted by Crippen LogP contribution is -1.76. The second kappa shape index (κ2) is 7.29. The Bertz CT molecular complexity index is 254. The number of hydrogen-bond acceptors (Lipinski definition) is 1. The molecule has 0 N–H and O–H groups in total. The van der Waals surface area contributed by atoms with Crippen LogP contribution in [0.2, 0.25) is 0 Å². The van der Waals surface area contributed by atoms with Crippen molar-refractivity contribution in [2.24, 2.45) is 4.99 Å². The zero-order valence-corrected chi connectivity index (χ0v) is 8.46. The maximum atomic E-state index is 3.86. The predicted molar refractivity (Wildman–Crippen MR) is 61.0 cm³/mol. The van der Waals surface area contributed by atoms with Crippen LogP contribution in [0.25, 0.3) is 0 Å². The summed E-state index contributed by atoms with van der Waals surface area (Å²) in [6.07, 6.45) is 10.4. The first-order chi connectivity index (χ1) is 6.20. The molecule has 0 atom stereocenters. The van der Waals surface area contributed by atoms with Crippen LogP contribution in [0.3, 0.4) is 0 Å². The molecule has 0 bridgehead atoms. The summed E-state index contributed by atoms with van der Waals surface area (Å²) >= 11 is 0. The Balaban J connectivity index is 4.11. The molecular formula is C12H17N. The first-order valence-corrected chi connectivity index (χ1v) is 4.38. The normalized spacial score (nSPS) is 12.6. The smallest absolute Gasteiger partial charge is 0.0334 e. The SMILES string of the molecule is C=CN=CC(=C)/C=C\C(C)=C/CC. The first-order valence-electron chi connectivity index (χ1n) is 4.38. The predicted octanol–water partition coefficient (Wildman–Crippen LogP) is 3.67. The van der Waals surface area contributed by atoms with Crippen molar-refractivity contribution < 1.29 is 0 Å². The van der Waals surface area contributed by atoms with Gasteiger partial charge in [-0.25, -0.2) is 0 Å². The number of allylic oxidation sites excluding steroid dienone is 5. The van der Waals surface area contributed by atoms with Crippen molar-refractivity contribution in [3.8, 4) is 0 Å². The Labute approximate surface area is 80.9 Å². The minimum absolute atomic E-state index is 0.878. The molecule has 0 saturated carbocycles. The van der Waals surface area contributed by atoms with Gasteiger partial charge in [0.25, 0.3) is 0 Å². The van der Waals surface area contributed by atoms with E-state index in [4.69, 9.17) is 0 Å². The lowest BCUT2D eigenvalue weighted by Gasteiger charge is -1.90. The van der Waals surface area contributed by atoms with E-state index in [0.717, 1.165) is 12.0 Å². The molecular weight excluding hydrogens is 158 g/mol. The third-order valence-electron chi connectivity index (χ3n) is 1.43. The molecule has 13 heavy (non-hydrogen) atoms. The average molecular weight is 175 g/mol. The van der Waals surface area contributed by atoms with Crippen LogP contribution in [-0.4, -0.2) is 6.21 Å². The third kappa shape index (κ3) is 7.01. The molecule has 0 aliphatic heterocycles. The minimum atomic E-state index is 0.878. The second-order valence-electron chi connectivity index (χ2n) is 2.73. The van der Waals surface area contributed by atoms with Gasteiger partial charge >= 0.3 is 0 Å². The van der Waals surface area contributed by atoms with Crippen LogP contribution >= 0.6 is 0 Å². The maximum Gasteiger partial charge on any atom is 0.0334 e. The Morgan fingerprint density at radius 1 is 1.38 bits per heavy atom. The molecule has 0 unspecified atom stereocenters. The van der Waals surface area contributed by atoms with E-state index in [0.29, 0.717) is 0 Å². The fourth-order valence-corrected chi connectivity index (χ4v) is 0.820. The molecule has 1 nitrogen and oxygen atoms in total. The molecule has 0 aromatic heterocycles. The Kier molecular flexibility index (Phi) is 6.52. The molecule has 1 heteroatoms. The number of hydrogen-bond donors (Lipinski definition) is 0. The average Bonchev–Trinajstić information content (AvgIpc) is 2.12. The molecule has 0 aromatic carbocycles. The van der Waals surface area contributed by atoms with Crippen molar-refractivity contribution in [1.82, 2.24) is 0 Å². The quantitative estimate of drug-likeness (QED) is 0.446. The van der Waals surface area contributed by atoms with Gasteiger partial charge in [-0.1, -0.05) is 43.9 Å². The van der Waals surface area contributed by atoms with Crippen LogP contribution in [-0.2, 0) is 0 Å². The molecule has 0 spiro atoms. The Morgan fingerprint density at radius 2 is 2.08 bits per heavy atom. The zero-order chi connectivity index (χ0) is 10.1. The summed E-state index contributed by atoms with van der Waals surface area (Å²) < 4.78 is 0. The molecule has 0 aliphatic rings. The van der Waals surface area contributed by atoms with Crippen molar-refractivity contribution in [1.29, 1.82) is 0 Å². The molecule has 0 saturated heterocycles. The van der Waals surface area contributed by atoms with Gasteiger partial charge in [0, 0.05) is 12.4 Å². The van der Waals surface area contributed by atoms with Crippen LogP contribution in [0.4, 0.5) is 0 Å². The highest BCUT2D eigenvalue weighted by Gasteiger charge is 1.81. The molecule has 70 valence electrons. The van der Waals surface area contributed by atoms with Crippen LogP contribution < -0.4 is 0 Å². The van der Waals surface area contributed by atoms with Gasteiger partial charge in [0.15, 0.2) is 0 Å². The van der Waals surface area contributed by atoms with Crippen LogP contribution in [0.1, 0.15) is 20.3 Å². The molecule has 0 heterocycles. The molecule has 0 fully saturated rings. The fraction of sp³-hybridized carbons (Fsp3) is 0.250. The standard InChI is InChI=1S/C12H17N/c1-5-7-11(3)8-9-12(4)10-13-6-2/h6-10H,2,4-5H2,1,3H3/b9-8-,11-7-,13-10?. The van der Waals surface area contributed by atoms with Crippen molar-refractivity contribution in [2.45, 2.75) is 20.3 Å². The largest absolute Gasteiger partial charge is 0.265 e. The highest BCUT2D eigenvalue weighted by Crippen LogP contribution is 1.99. The first kappa shape index (κ1) is 11.6. The summed E-state index contributed by atoms with van der Waals surface area (Å²) in [4.78, 5) is 3.86. The zero-order valence-electron chi connectivity index (χ0n) is 8.46. The van der Waals surface area contributed by atoms with Crippen LogP contribution in [0, 0.1) is 0 Å². The summed E-state index contributed by atoms with van der Waals surface area (Å²) in [5, 5.41) is 0. The van der Waals surface area contributed by atoms with Gasteiger partial charge in [-0.15, -0.1) is 0 Å². The topological polar surface area (TPSA) is 12.4 Å². The van der Waals surface area contributed by atoms with E-state index >= 15 is 0 Å². The maximum absolute atomic E-state index is 3.86. The third-order valence-corrected chi connectivity index (χ3v) is 1.43. The summed E-state index contributed by atoms with van der Waals surface area (Å²) in [5.74, 6) is 0. The van der Waals surface area contributed by atoms with Gasteiger partial charge < -0.3 is 0 Å². The van der Waals surface area contributed by atoms with Crippen molar-refractivity contribution in [2.75, 3.05) is 0 Å². The highest BCUT2D eigenvalue weighted by atomic mass is 14.6. The molecule has 0 aromatic rings. The van der Waals surface area contributed by atoms with Crippen molar-refractivity contribution in [3.63, 3.8) is 0 Å². The molecule has 0 radical (unpaired) electrons. The van der Waals surface area contributed by atoms with E-state index in [-0.39, 0.29) is 0 Å². The van der Waals surface area contributed by atoms with E-state index in [2.05, 4.69) is 38.1 Å². The van der Waals surface area contributed by atoms with Crippen molar-refractivity contribution in [3.05, 3.63) is 48.7 Å².